The van der Waals surface area contributed by atoms with Crippen molar-refractivity contribution < 1.29 is 42.1 Å². The van der Waals surface area contributed by atoms with Crippen molar-refractivity contribution in [3.8, 4) is 0 Å². The van der Waals surface area contributed by atoms with E-state index in [0.29, 0.717) is 6.42 Å². The van der Waals surface area contributed by atoms with Gasteiger partial charge < -0.3 is 20.4 Å². The Morgan fingerprint density at radius 3 is 0.929 bits per heavy atom. The first-order valence-corrected chi connectivity index (χ1v) is 4.46. The first-order valence-electron chi connectivity index (χ1n) is 4.46. The summed E-state index contributed by atoms with van der Waals surface area (Å²) >= 11 is 0. The summed E-state index contributed by atoms with van der Waals surface area (Å²) in [4.78, 5) is 0. The van der Waals surface area contributed by atoms with Crippen LogP contribution in [0.3, 0.4) is 0 Å². The monoisotopic (exact) mass is 244 g/mol. The maximum Gasteiger partial charge on any atom is 0.0483 e. The summed E-state index contributed by atoms with van der Waals surface area (Å²) < 4.78 is 0. The molecule has 0 unspecified atom stereocenters. The van der Waals surface area contributed by atoms with E-state index in [9.17, 15) is 0 Å². The van der Waals surface area contributed by atoms with Crippen LogP contribution in [0.2, 0.25) is 0 Å². The first-order chi connectivity index (χ1) is 5.88. The van der Waals surface area contributed by atoms with Gasteiger partial charge in [0, 0.05) is 47.1 Å². The molecule has 14 heavy (non-hydrogen) atoms. The van der Waals surface area contributed by atoms with E-state index >= 15 is 0 Å². The molecule has 0 spiro atoms. The smallest absolute Gasteiger partial charge is 0.0483 e. The van der Waals surface area contributed by atoms with E-state index in [1.54, 1.807) is 27.7 Å². The van der Waals surface area contributed by atoms with Gasteiger partial charge in [0.05, 0.1) is 0 Å². The molecule has 0 aromatic rings. The normalized spacial score (nSPS) is 8.14. The van der Waals surface area contributed by atoms with Crippen LogP contribution in [0.1, 0.15) is 34.1 Å². The molecule has 5 heteroatoms. The van der Waals surface area contributed by atoms with Gasteiger partial charge in [0.2, 0.25) is 0 Å². The van der Waals surface area contributed by atoms with Crippen molar-refractivity contribution in [3.05, 3.63) is 0 Å². The largest absolute Gasteiger partial charge is 0.396 e. The zero-order valence-electron chi connectivity index (χ0n) is 9.56. The molecule has 0 saturated heterocycles. The third kappa shape index (κ3) is 257. The molecule has 0 amide bonds. The van der Waals surface area contributed by atoms with E-state index in [1.807, 2.05) is 0 Å². The zero-order chi connectivity index (χ0) is 11.3. The van der Waals surface area contributed by atoms with Crippen LogP contribution in [-0.2, 0) is 21.7 Å². The van der Waals surface area contributed by atoms with Crippen molar-refractivity contribution in [2.24, 2.45) is 0 Å². The van der Waals surface area contributed by atoms with Crippen LogP contribution in [0.25, 0.3) is 0 Å². The molecule has 0 aliphatic carbocycles. The van der Waals surface area contributed by atoms with E-state index in [4.69, 9.17) is 20.4 Å². The molecule has 0 aliphatic heterocycles. The third-order valence-corrected chi connectivity index (χ3v) is 0.316. The van der Waals surface area contributed by atoms with Gasteiger partial charge in [-0.3, -0.25) is 0 Å². The Morgan fingerprint density at radius 2 is 0.929 bits per heavy atom. The molecule has 4 N–H and O–H groups in total. The maximum atomic E-state index is 8.06. The topological polar surface area (TPSA) is 80.9 Å². The summed E-state index contributed by atoms with van der Waals surface area (Å²) in [5, 5.41) is 31.9. The van der Waals surface area contributed by atoms with Gasteiger partial charge in [-0.2, -0.15) is 0 Å². The van der Waals surface area contributed by atoms with Crippen LogP contribution in [0.15, 0.2) is 0 Å². The number of aliphatic hydroxyl groups excluding tert-OH is 4. The predicted octanol–water partition coefficient (Wildman–Crippen LogP) is 0.133. The molecule has 0 bridgehead atoms. The van der Waals surface area contributed by atoms with Crippen LogP contribution in [0.4, 0.5) is 0 Å². The van der Waals surface area contributed by atoms with Crippen LogP contribution in [-0.4, -0.2) is 45.8 Å². The van der Waals surface area contributed by atoms with Crippen molar-refractivity contribution >= 4 is 0 Å². The second-order valence-corrected chi connectivity index (χ2v) is 2.99. The molecule has 0 aliphatic rings. The van der Waals surface area contributed by atoms with E-state index in [-0.39, 0.29) is 47.1 Å². The molecular formula is C9H24O4Ti. The zero-order valence-corrected chi connectivity index (χ0v) is 11.1. The summed E-state index contributed by atoms with van der Waals surface area (Å²) in [5.41, 5.74) is 0. The standard InChI is InChI=1S/C3H8O2.2C3H8O.Ti/c4-2-1-3-5;2*1-3(2)4;/h4-5H,1-3H2;2*3-4H,1-2H3;. The quantitative estimate of drug-likeness (QED) is 0.520. The summed E-state index contributed by atoms with van der Waals surface area (Å²) in [5.74, 6) is 0. The van der Waals surface area contributed by atoms with Gasteiger partial charge in [0.1, 0.15) is 0 Å². The second-order valence-electron chi connectivity index (χ2n) is 2.99. The maximum absolute atomic E-state index is 8.06. The van der Waals surface area contributed by atoms with E-state index < -0.39 is 0 Å². The van der Waals surface area contributed by atoms with Crippen molar-refractivity contribution in [1.29, 1.82) is 0 Å². The average molecular weight is 244 g/mol. The molecule has 0 rings (SSSR count). The van der Waals surface area contributed by atoms with E-state index in [2.05, 4.69) is 0 Å². The fraction of sp³-hybridized carbons (Fsp3) is 1.00. The Kier molecular flexibility index (Phi) is 40.1. The van der Waals surface area contributed by atoms with E-state index in [1.165, 1.54) is 0 Å². The fourth-order valence-electron chi connectivity index (χ4n) is 0.0707. The molecule has 0 aromatic heterocycles. The molecule has 0 heterocycles. The predicted molar refractivity (Wildman–Crippen MR) is 53.5 cm³/mol. The molecule has 4 nitrogen and oxygen atoms in total. The van der Waals surface area contributed by atoms with Gasteiger partial charge in [0.25, 0.3) is 0 Å². The molecule has 0 saturated carbocycles. The first kappa shape index (κ1) is 24.0. The summed E-state index contributed by atoms with van der Waals surface area (Å²) in [6.45, 7) is 7.08. The van der Waals surface area contributed by atoms with Gasteiger partial charge in [-0.1, -0.05) is 0 Å². The number of hydrogen-bond donors (Lipinski definition) is 4. The van der Waals surface area contributed by atoms with Crippen molar-refractivity contribution in [2.75, 3.05) is 13.2 Å². The SMILES string of the molecule is CC(C)O.CC(C)O.OCCCO.[Ti]. The van der Waals surface area contributed by atoms with Crippen LogP contribution < -0.4 is 0 Å². The van der Waals surface area contributed by atoms with Gasteiger partial charge in [-0.15, -0.1) is 0 Å². The minimum atomic E-state index is -0.167. The molecule has 88 valence electrons. The number of hydrogen-bond acceptors (Lipinski definition) is 4. The Labute approximate surface area is 102 Å². The van der Waals surface area contributed by atoms with Crippen molar-refractivity contribution in [3.63, 3.8) is 0 Å². The third-order valence-electron chi connectivity index (χ3n) is 0.316. The number of aliphatic hydroxyl groups is 4. The summed E-state index contributed by atoms with van der Waals surface area (Å²) in [6.07, 6.45) is 0.167. The molecule has 0 radical (unpaired) electrons. The van der Waals surface area contributed by atoms with Crippen LogP contribution in [0.5, 0.6) is 0 Å². The average Bonchev–Trinajstić information content (AvgIpc) is 1.86. The minimum absolute atomic E-state index is 0. The Balaban J connectivity index is -0.0000000522. The molecule has 0 fully saturated rings. The van der Waals surface area contributed by atoms with Gasteiger partial charge in [0.15, 0.2) is 0 Å². The Bertz CT molecular complexity index is 56.3. The Hall–Kier alpha value is 0.554. The van der Waals surface area contributed by atoms with Crippen molar-refractivity contribution in [1.82, 2.24) is 0 Å². The molecule has 0 aromatic carbocycles. The van der Waals surface area contributed by atoms with E-state index in [0.717, 1.165) is 0 Å². The molecule has 0 atom stereocenters. The fourth-order valence-corrected chi connectivity index (χ4v) is 0.0707. The number of rotatable bonds is 2. The van der Waals surface area contributed by atoms with Gasteiger partial charge in [-0.25, -0.2) is 0 Å². The summed E-state index contributed by atoms with van der Waals surface area (Å²) in [7, 11) is 0. The molecular weight excluding hydrogens is 220 g/mol. The minimum Gasteiger partial charge on any atom is -0.396 e. The van der Waals surface area contributed by atoms with Gasteiger partial charge >= 0.3 is 0 Å². The van der Waals surface area contributed by atoms with Crippen LogP contribution in [0, 0.1) is 0 Å². The van der Waals surface area contributed by atoms with Gasteiger partial charge in [-0.05, 0) is 34.1 Å². The Morgan fingerprint density at radius 1 is 0.786 bits per heavy atom. The summed E-state index contributed by atoms with van der Waals surface area (Å²) in [6, 6.07) is 0. The van der Waals surface area contributed by atoms with Crippen molar-refractivity contribution in [2.45, 2.75) is 46.3 Å². The second kappa shape index (κ2) is 23.4. The van der Waals surface area contributed by atoms with Crippen LogP contribution >= 0.6 is 0 Å².